The van der Waals surface area contributed by atoms with Gasteiger partial charge in [0.15, 0.2) is 0 Å². The Labute approximate surface area is 179 Å². The highest BCUT2D eigenvalue weighted by atomic mass is 16.6. The molecule has 1 amide bonds. The van der Waals surface area contributed by atoms with Crippen LogP contribution < -0.4 is 20.9 Å². The molecule has 2 aromatic carbocycles. The van der Waals surface area contributed by atoms with E-state index in [1.54, 1.807) is 31.2 Å². The number of aryl methyl sites for hydroxylation is 1. The van der Waals surface area contributed by atoms with Gasteiger partial charge >= 0.3 is 5.69 Å². The van der Waals surface area contributed by atoms with E-state index in [4.69, 9.17) is 0 Å². The number of hydrogen-bond donors (Lipinski definition) is 3. The van der Waals surface area contributed by atoms with Crippen LogP contribution in [0.25, 0.3) is 0 Å². The first kappa shape index (κ1) is 21.5. The highest BCUT2D eigenvalue weighted by molar-refractivity contribution is 5.88. The molecule has 0 aliphatic heterocycles. The molecule has 1 heterocycles. The van der Waals surface area contributed by atoms with E-state index in [0.29, 0.717) is 11.4 Å². The van der Waals surface area contributed by atoms with Gasteiger partial charge in [0.25, 0.3) is 0 Å². The van der Waals surface area contributed by atoms with Crippen molar-refractivity contribution in [3.8, 4) is 0 Å². The third-order valence-corrected chi connectivity index (χ3v) is 4.35. The van der Waals surface area contributed by atoms with Gasteiger partial charge in [0.2, 0.25) is 17.7 Å². The van der Waals surface area contributed by atoms with E-state index in [2.05, 4.69) is 25.9 Å². The Morgan fingerprint density at radius 1 is 0.935 bits per heavy atom. The SMILES string of the molecule is CC(=O)Nc1ccc(Nc2nc(Nc3ccc(N(C)C)cc3)nc(C)c2[N+](=O)[O-])cc1. The van der Waals surface area contributed by atoms with Gasteiger partial charge in [-0.25, -0.2) is 4.98 Å². The molecule has 1 aromatic heterocycles. The molecule has 0 bridgehead atoms. The molecule has 3 aromatic rings. The quantitative estimate of drug-likeness (QED) is 0.383. The Kier molecular flexibility index (Phi) is 6.29. The van der Waals surface area contributed by atoms with Gasteiger partial charge in [-0.05, 0) is 55.5 Å². The first-order chi connectivity index (χ1) is 14.7. The summed E-state index contributed by atoms with van der Waals surface area (Å²) in [6.07, 6.45) is 0. The van der Waals surface area contributed by atoms with E-state index in [1.807, 2.05) is 43.3 Å². The average Bonchev–Trinajstić information content (AvgIpc) is 2.69. The zero-order valence-electron chi connectivity index (χ0n) is 17.6. The van der Waals surface area contributed by atoms with Crippen molar-refractivity contribution in [2.75, 3.05) is 34.9 Å². The second kappa shape index (κ2) is 9.08. The number of nitrogens with zero attached hydrogens (tertiary/aromatic N) is 4. The van der Waals surface area contributed by atoms with Gasteiger partial charge in [0, 0.05) is 43.8 Å². The predicted octanol–water partition coefficient (Wildman–Crippen LogP) is 4.20. The monoisotopic (exact) mass is 421 g/mol. The van der Waals surface area contributed by atoms with Crippen molar-refractivity contribution in [2.45, 2.75) is 13.8 Å². The molecule has 3 rings (SSSR count). The lowest BCUT2D eigenvalue weighted by atomic mass is 10.2. The van der Waals surface area contributed by atoms with E-state index in [-0.39, 0.29) is 29.1 Å². The summed E-state index contributed by atoms with van der Waals surface area (Å²) in [6.45, 7) is 2.98. The summed E-state index contributed by atoms with van der Waals surface area (Å²) in [4.78, 5) is 32.8. The molecule has 0 radical (unpaired) electrons. The maximum atomic E-state index is 11.6. The molecule has 0 saturated carbocycles. The topological polar surface area (TPSA) is 125 Å². The van der Waals surface area contributed by atoms with Gasteiger partial charge < -0.3 is 20.9 Å². The first-order valence-electron chi connectivity index (χ1n) is 9.45. The zero-order chi connectivity index (χ0) is 22.5. The number of aromatic nitrogens is 2. The number of nitrogens with one attached hydrogen (secondary N) is 3. The van der Waals surface area contributed by atoms with Crippen LogP contribution in [0.2, 0.25) is 0 Å². The molecule has 31 heavy (non-hydrogen) atoms. The van der Waals surface area contributed by atoms with Gasteiger partial charge in [-0.15, -0.1) is 0 Å². The number of rotatable bonds is 7. The molecular weight excluding hydrogens is 398 g/mol. The fourth-order valence-corrected chi connectivity index (χ4v) is 2.88. The summed E-state index contributed by atoms with van der Waals surface area (Å²) in [5.41, 5.74) is 3.01. The summed E-state index contributed by atoms with van der Waals surface area (Å²) in [5.74, 6) is 0.118. The Hall–Kier alpha value is -4.21. The van der Waals surface area contributed by atoms with Crippen LogP contribution in [0.15, 0.2) is 48.5 Å². The summed E-state index contributed by atoms with van der Waals surface area (Å²) in [7, 11) is 3.90. The van der Waals surface area contributed by atoms with E-state index in [1.165, 1.54) is 6.92 Å². The summed E-state index contributed by atoms with van der Waals surface area (Å²) in [6, 6.07) is 14.4. The summed E-state index contributed by atoms with van der Waals surface area (Å²) < 4.78 is 0. The number of amides is 1. The lowest BCUT2D eigenvalue weighted by Crippen LogP contribution is -2.09. The van der Waals surface area contributed by atoms with Gasteiger partial charge in [0.1, 0.15) is 5.69 Å². The number of benzene rings is 2. The van der Waals surface area contributed by atoms with E-state index in [0.717, 1.165) is 11.4 Å². The smallest absolute Gasteiger partial charge is 0.332 e. The van der Waals surface area contributed by atoms with E-state index >= 15 is 0 Å². The minimum absolute atomic E-state index is 0.0668. The molecule has 0 spiro atoms. The number of carbonyl (C=O) groups excluding carboxylic acids is 1. The van der Waals surface area contributed by atoms with Gasteiger partial charge in [-0.2, -0.15) is 4.98 Å². The van der Waals surface area contributed by atoms with Gasteiger partial charge in [0.05, 0.1) is 4.92 Å². The molecule has 0 atom stereocenters. The molecule has 0 aliphatic rings. The molecule has 3 N–H and O–H groups in total. The molecule has 0 saturated heterocycles. The van der Waals surface area contributed by atoms with Crippen LogP contribution in [0.1, 0.15) is 12.6 Å². The molecule has 0 aliphatic carbocycles. The van der Waals surface area contributed by atoms with Crippen molar-refractivity contribution < 1.29 is 9.72 Å². The highest BCUT2D eigenvalue weighted by Crippen LogP contribution is 2.30. The lowest BCUT2D eigenvalue weighted by molar-refractivity contribution is -0.385. The van der Waals surface area contributed by atoms with Crippen LogP contribution in [-0.2, 0) is 4.79 Å². The number of nitro groups is 1. The molecule has 10 nitrogen and oxygen atoms in total. The molecule has 10 heteroatoms. The minimum atomic E-state index is -0.515. The number of anilines is 6. The van der Waals surface area contributed by atoms with Crippen LogP contribution in [0.5, 0.6) is 0 Å². The fourth-order valence-electron chi connectivity index (χ4n) is 2.88. The van der Waals surface area contributed by atoms with Crippen molar-refractivity contribution in [3.05, 3.63) is 64.3 Å². The Morgan fingerprint density at radius 3 is 2.03 bits per heavy atom. The normalized spacial score (nSPS) is 10.3. The van der Waals surface area contributed by atoms with Crippen molar-refractivity contribution >= 4 is 46.1 Å². The van der Waals surface area contributed by atoms with Crippen molar-refractivity contribution in [3.63, 3.8) is 0 Å². The van der Waals surface area contributed by atoms with E-state index < -0.39 is 4.92 Å². The summed E-state index contributed by atoms with van der Waals surface area (Å²) >= 11 is 0. The lowest BCUT2D eigenvalue weighted by Gasteiger charge is -2.14. The molecular formula is C21H23N7O3. The highest BCUT2D eigenvalue weighted by Gasteiger charge is 2.22. The van der Waals surface area contributed by atoms with Crippen molar-refractivity contribution in [1.82, 2.24) is 9.97 Å². The first-order valence-corrected chi connectivity index (χ1v) is 9.45. The molecule has 0 unspecified atom stereocenters. The van der Waals surface area contributed by atoms with Crippen LogP contribution in [0.3, 0.4) is 0 Å². The van der Waals surface area contributed by atoms with Gasteiger partial charge in [-0.3, -0.25) is 14.9 Å². The predicted molar refractivity (Wildman–Crippen MR) is 122 cm³/mol. The third kappa shape index (κ3) is 5.44. The Morgan fingerprint density at radius 2 is 1.48 bits per heavy atom. The second-order valence-electron chi connectivity index (χ2n) is 7.04. The third-order valence-electron chi connectivity index (χ3n) is 4.35. The van der Waals surface area contributed by atoms with E-state index in [9.17, 15) is 14.9 Å². The Bertz CT molecular complexity index is 1100. The zero-order valence-corrected chi connectivity index (χ0v) is 17.6. The maximum Gasteiger partial charge on any atom is 0.332 e. The largest absolute Gasteiger partial charge is 0.378 e. The summed E-state index contributed by atoms with van der Waals surface area (Å²) in [5, 5.41) is 20.3. The van der Waals surface area contributed by atoms with Crippen LogP contribution in [-0.4, -0.2) is 34.9 Å². The van der Waals surface area contributed by atoms with Crippen molar-refractivity contribution in [2.24, 2.45) is 0 Å². The molecule has 0 fully saturated rings. The van der Waals surface area contributed by atoms with Crippen molar-refractivity contribution in [1.29, 1.82) is 0 Å². The maximum absolute atomic E-state index is 11.6. The second-order valence-corrected chi connectivity index (χ2v) is 7.04. The molecule has 160 valence electrons. The van der Waals surface area contributed by atoms with Crippen LogP contribution in [0.4, 0.5) is 40.2 Å². The average molecular weight is 421 g/mol. The van der Waals surface area contributed by atoms with Gasteiger partial charge in [-0.1, -0.05) is 0 Å². The Balaban J connectivity index is 1.88. The standard InChI is InChI=1S/C21H23N7O3/c1-13-19(28(30)31)20(24-16-7-5-15(6-8-16)23-14(2)29)26-21(22-13)25-17-9-11-18(12-10-17)27(3)4/h5-12H,1-4H3,(H,23,29)(H2,22,24,25,26). The minimum Gasteiger partial charge on any atom is -0.378 e. The number of carbonyl (C=O) groups is 1. The van der Waals surface area contributed by atoms with Crippen LogP contribution in [0, 0.1) is 17.0 Å². The van der Waals surface area contributed by atoms with Crippen LogP contribution >= 0.6 is 0 Å². The number of hydrogen-bond acceptors (Lipinski definition) is 8. The fraction of sp³-hybridized carbons (Fsp3) is 0.190.